The Morgan fingerprint density at radius 1 is 1.47 bits per heavy atom. The second kappa shape index (κ2) is 3.66. The molecule has 0 spiro atoms. The molecule has 2 aromatic rings. The molecule has 0 bridgehead atoms. The molecule has 1 aromatic carbocycles. The van der Waals surface area contributed by atoms with Gasteiger partial charge in [-0.3, -0.25) is 4.68 Å². The standard InChI is InChI=1S/C10H9BrFN3/c1-15-10(13)7(5-14-15)6-2-3-9(12)8(11)4-6/h2-5H,13H2,1H3. The number of nitrogens with two attached hydrogens (primary N) is 1. The molecule has 0 saturated carbocycles. The molecule has 78 valence electrons. The van der Waals surface area contributed by atoms with Crippen molar-refractivity contribution in [3.8, 4) is 11.1 Å². The summed E-state index contributed by atoms with van der Waals surface area (Å²) in [6.07, 6.45) is 1.66. The summed E-state index contributed by atoms with van der Waals surface area (Å²) in [6.45, 7) is 0. The van der Waals surface area contributed by atoms with Crippen molar-refractivity contribution >= 4 is 21.7 Å². The number of nitrogen functional groups attached to an aromatic ring is 1. The number of hydrogen-bond acceptors (Lipinski definition) is 2. The van der Waals surface area contributed by atoms with Crippen LogP contribution in [0.3, 0.4) is 0 Å². The van der Waals surface area contributed by atoms with Crippen LogP contribution in [0.25, 0.3) is 11.1 Å². The topological polar surface area (TPSA) is 43.8 Å². The molecule has 0 aliphatic heterocycles. The lowest BCUT2D eigenvalue weighted by Crippen LogP contribution is -1.98. The average Bonchev–Trinajstić information content (AvgIpc) is 2.53. The minimum absolute atomic E-state index is 0.291. The molecule has 15 heavy (non-hydrogen) atoms. The Hall–Kier alpha value is -1.36. The van der Waals surface area contributed by atoms with Crippen LogP contribution in [0.5, 0.6) is 0 Å². The van der Waals surface area contributed by atoms with E-state index in [1.807, 2.05) is 0 Å². The van der Waals surface area contributed by atoms with E-state index >= 15 is 0 Å². The van der Waals surface area contributed by atoms with Crippen LogP contribution in [-0.2, 0) is 7.05 Å². The van der Waals surface area contributed by atoms with Gasteiger partial charge in [0.05, 0.1) is 10.7 Å². The van der Waals surface area contributed by atoms with Gasteiger partial charge in [0.15, 0.2) is 0 Å². The van der Waals surface area contributed by atoms with Crippen LogP contribution in [0.1, 0.15) is 0 Å². The normalized spacial score (nSPS) is 10.6. The second-order valence-corrected chi connectivity index (χ2v) is 4.05. The summed E-state index contributed by atoms with van der Waals surface area (Å²) in [5.41, 5.74) is 7.46. The molecular formula is C10H9BrFN3. The fourth-order valence-electron chi connectivity index (χ4n) is 1.33. The van der Waals surface area contributed by atoms with Crippen molar-refractivity contribution in [3.05, 3.63) is 34.7 Å². The number of anilines is 1. The largest absolute Gasteiger partial charge is 0.383 e. The van der Waals surface area contributed by atoms with E-state index in [1.54, 1.807) is 30.1 Å². The molecule has 0 unspecified atom stereocenters. The number of rotatable bonds is 1. The average molecular weight is 270 g/mol. The zero-order valence-corrected chi connectivity index (χ0v) is 9.62. The molecule has 0 aliphatic rings. The van der Waals surface area contributed by atoms with Crippen LogP contribution >= 0.6 is 15.9 Å². The molecule has 2 rings (SSSR count). The zero-order valence-electron chi connectivity index (χ0n) is 8.04. The first kappa shape index (κ1) is 10.2. The van der Waals surface area contributed by atoms with Gasteiger partial charge in [-0.2, -0.15) is 5.10 Å². The van der Waals surface area contributed by atoms with E-state index in [0.717, 1.165) is 11.1 Å². The Morgan fingerprint density at radius 3 is 2.73 bits per heavy atom. The van der Waals surface area contributed by atoms with Crippen molar-refractivity contribution in [1.29, 1.82) is 0 Å². The van der Waals surface area contributed by atoms with Gasteiger partial charge in [0, 0.05) is 12.6 Å². The van der Waals surface area contributed by atoms with Gasteiger partial charge in [-0.05, 0) is 33.6 Å². The van der Waals surface area contributed by atoms with Crippen molar-refractivity contribution in [2.45, 2.75) is 0 Å². The van der Waals surface area contributed by atoms with Gasteiger partial charge in [0.25, 0.3) is 0 Å². The molecule has 0 radical (unpaired) electrons. The van der Waals surface area contributed by atoms with Crippen LogP contribution in [-0.4, -0.2) is 9.78 Å². The lowest BCUT2D eigenvalue weighted by molar-refractivity contribution is 0.621. The molecule has 0 aliphatic carbocycles. The lowest BCUT2D eigenvalue weighted by Gasteiger charge is -2.02. The summed E-state index contributed by atoms with van der Waals surface area (Å²) < 4.78 is 15.0. The van der Waals surface area contributed by atoms with Crippen molar-refractivity contribution in [1.82, 2.24) is 9.78 Å². The van der Waals surface area contributed by atoms with Crippen molar-refractivity contribution < 1.29 is 4.39 Å². The molecule has 1 heterocycles. The van der Waals surface area contributed by atoms with Gasteiger partial charge in [0.2, 0.25) is 0 Å². The van der Waals surface area contributed by atoms with E-state index in [-0.39, 0.29) is 5.82 Å². The van der Waals surface area contributed by atoms with Crippen LogP contribution in [0.2, 0.25) is 0 Å². The van der Waals surface area contributed by atoms with E-state index in [9.17, 15) is 4.39 Å². The predicted octanol–water partition coefficient (Wildman–Crippen LogP) is 2.57. The molecule has 0 atom stereocenters. The van der Waals surface area contributed by atoms with Crippen LogP contribution in [0.4, 0.5) is 10.2 Å². The number of nitrogens with zero attached hydrogens (tertiary/aromatic N) is 2. The fourth-order valence-corrected chi connectivity index (χ4v) is 1.71. The second-order valence-electron chi connectivity index (χ2n) is 3.20. The molecule has 0 fully saturated rings. The Bertz CT molecular complexity index is 507. The molecule has 1 aromatic heterocycles. The quantitative estimate of drug-likeness (QED) is 0.865. The molecular weight excluding hydrogens is 261 g/mol. The smallest absolute Gasteiger partial charge is 0.137 e. The van der Waals surface area contributed by atoms with E-state index in [4.69, 9.17) is 5.73 Å². The number of halogens is 2. The first-order chi connectivity index (χ1) is 7.09. The molecule has 2 N–H and O–H groups in total. The Kier molecular flexibility index (Phi) is 2.48. The number of hydrogen-bond donors (Lipinski definition) is 1. The van der Waals surface area contributed by atoms with Gasteiger partial charge in [-0.1, -0.05) is 6.07 Å². The summed E-state index contributed by atoms with van der Waals surface area (Å²) in [4.78, 5) is 0. The summed E-state index contributed by atoms with van der Waals surface area (Å²) in [5.74, 6) is 0.273. The van der Waals surface area contributed by atoms with E-state index < -0.39 is 0 Å². The number of aromatic nitrogens is 2. The highest BCUT2D eigenvalue weighted by Gasteiger charge is 2.08. The highest BCUT2D eigenvalue weighted by atomic mass is 79.9. The monoisotopic (exact) mass is 269 g/mol. The third-order valence-corrected chi connectivity index (χ3v) is 2.82. The maximum Gasteiger partial charge on any atom is 0.137 e. The van der Waals surface area contributed by atoms with Gasteiger partial charge in [-0.15, -0.1) is 0 Å². The first-order valence-corrected chi connectivity index (χ1v) is 5.12. The lowest BCUT2D eigenvalue weighted by atomic mass is 10.1. The van der Waals surface area contributed by atoms with Crippen LogP contribution in [0.15, 0.2) is 28.9 Å². The summed E-state index contributed by atoms with van der Waals surface area (Å²) >= 11 is 3.13. The predicted molar refractivity (Wildman–Crippen MR) is 60.7 cm³/mol. The van der Waals surface area contributed by atoms with Gasteiger partial charge in [-0.25, -0.2) is 4.39 Å². The highest BCUT2D eigenvalue weighted by molar-refractivity contribution is 9.10. The van der Waals surface area contributed by atoms with E-state index in [2.05, 4.69) is 21.0 Å². The number of aryl methyl sites for hydroxylation is 1. The molecule has 5 heteroatoms. The van der Waals surface area contributed by atoms with Gasteiger partial charge in [0.1, 0.15) is 11.6 Å². The maximum atomic E-state index is 13.0. The van der Waals surface area contributed by atoms with Gasteiger partial charge >= 0.3 is 0 Å². The summed E-state index contributed by atoms with van der Waals surface area (Å²) in [7, 11) is 1.76. The summed E-state index contributed by atoms with van der Waals surface area (Å²) in [6, 6.07) is 4.75. The minimum atomic E-state index is -0.291. The van der Waals surface area contributed by atoms with E-state index in [0.29, 0.717) is 10.3 Å². The Balaban J connectivity index is 2.55. The Morgan fingerprint density at radius 2 is 2.20 bits per heavy atom. The first-order valence-electron chi connectivity index (χ1n) is 4.32. The molecule has 0 saturated heterocycles. The minimum Gasteiger partial charge on any atom is -0.383 e. The SMILES string of the molecule is Cn1ncc(-c2ccc(F)c(Br)c2)c1N. The van der Waals surface area contributed by atoms with Gasteiger partial charge < -0.3 is 5.73 Å². The third kappa shape index (κ3) is 1.74. The van der Waals surface area contributed by atoms with Crippen molar-refractivity contribution in [2.75, 3.05) is 5.73 Å². The Labute approximate surface area is 94.8 Å². The molecule has 3 nitrogen and oxygen atoms in total. The zero-order chi connectivity index (χ0) is 11.0. The fraction of sp³-hybridized carbons (Fsp3) is 0.100. The van der Waals surface area contributed by atoms with Crippen LogP contribution < -0.4 is 5.73 Å². The number of benzene rings is 1. The highest BCUT2D eigenvalue weighted by Crippen LogP contribution is 2.28. The maximum absolute atomic E-state index is 13.0. The third-order valence-electron chi connectivity index (χ3n) is 2.22. The van der Waals surface area contributed by atoms with Crippen LogP contribution in [0, 0.1) is 5.82 Å². The van der Waals surface area contributed by atoms with Crippen molar-refractivity contribution in [3.63, 3.8) is 0 Å². The summed E-state index contributed by atoms with van der Waals surface area (Å²) in [5, 5.41) is 4.03. The molecule has 0 amide bonds. The van der Waals surface area contributed by atoms with Crippen molar-refractivity contribution in [2.24, 2.45) is 7.05 Å². The van der Waals surface area contributed by atoms with E-state index in [1.165, 1.54) is 6.07 Å².